The number of imide groups is 1. The van der Waals surface area contributed by atoms with Crippen LogP contribution in [0, 0.1) is 30.6 Å². The first-order chi connectivity index (χ1) is 14.5. The van der Waals surface area contributed by atoms with Crippen LogP contribution in [0.4, 0.5) is 5.82 Å². The Balaban J connectivity index is 1.44. The number of rotatable bonds is 5. The molecule has 2 heterocycles. The van der Waals surface area contributed by atoms with Gasteiger partial charge in [0.15, 0.2) is 0 Å². The molecule has 0 spiro atoms. The van der Waals surface area contributed by atoms with Gasteiger partial charge < -0.3 is 5.32 Å². The highest BCUT2D eigenvalue weighted by atomic mass is 16.2. The molecule has 2 aliphatic carbocycles. The maximum atomic E-state index is 13.3. The first-order valence-corrected chi connectivity index (χ1v) is 10.4. The Labute approximate surface area is 175 Å². The first kappa shape index (κ1) is 18.7. The van der Waals surface area contributed by atoms with Crippen LogP contribution in [0.3, 0.4) is 0 Å². The number of carbonyl (C=O) groups excluding carboxylic acids is 3. The van der Waals surface area contributed by atoms with Gasteiger partial charge in [-0.05, 0) is 42.9 Å². The Bertz CT molecular complexity index is 1000. The Morgan fingerprint density at radius 2 is 1.73 bits per heavy atom. The molecule has 0 radical (unpaired) electrons. The van der Waals surface area contributed by atoms with Gasteiger partial charge in [0.05, 0.1) is 24.3 Å². The van der Waals surface area contributed by atoms with E-state index in [0.717, 1.165) is 17.5 Å². The van der Waals surface area contributed by atoms with Crippen LogP contribution >= 0.6 is 0 Å². The number of likely N-dealkylation sites (tertiary alicyclic amines) is 1. The predicted molar refractivity (Wildman–Crippen MR) is 111 cm³/mol. The van der Waals surface area contributed by atoms with Crippen LogP contribution < -0.4 is 5.32 Å². The number of nitrogens with one attached hydrogen (secondary N) is 1. The second-order valence-electron chi connectivity index (χ2n) is 8.44. The average molecular weight is 401 g/mol. The van der Waals surface area contributed by atoms with Gasteiger partial charge in [-0.25, -0.2) is 4.98 Å². The summed E-state index contributed by atoms with van der Waals surface area (Å²) in [5, 5.41) is 2.78. The van der Waals surface area contributed by atoms with Crippen molar-refractivity contribution >= 4 is 23.5 Å². The van der Waals surface area contributed by atoms with Gasteiger partial charge in [0, 0.05) is 6.20 Å². The minimum absolute atomic E-state index is 0.000677. The molecule has 2 fully saturated rings. The molecule has 5 rings (SSSR count). The number of anilines is 1. The molecule has 6 nitrogen and oxygen atoms in total. The molecule has 152 valence electrons. The fourth-order valence-electron chi connectivity index (χ4n) is 5.19. The molecule has 1 saturated carbocycles. The minimum atomic E-state index is -0.626. The van der Waals surface area contributed by atoms with Gasteiger partial charge in [-0.15, -0.1) is 0 Å². The number of aryl methyl sites for hydroxylation is 1. The van der Waals surface area contributed by atoms with E-state index in [1.54, 1.807) is 24.4 Å². The highest BCUT2D eigenvalue weighted by molar-refractivity contribution is 6.07. The predicted octanol–water partition coefficient (Wildman–Crippen LogP) is 3.27. The normalized spacial score (nSPS) is 27.4. The van der Waals surface area contributed by atoms with Crippen molar-refractivity contribution in [3.63, 3.8) is 0 Å². The SMILES string of the molecule is Cc1ccc(C(CC(=O)Nc2ccccn2)N2C(=O)C3C4C=CC(C4)C3C2=O)cc1. The highest BCUT2D eigenvalue weighted by Crippen LogP contribution is 2.54. The van der Waals surface area contributed by atoms with Gasteiger partial charge in [0.25, 0.3) is 0 Å². The summed E-state index contributed by atoms with van der Waals surface area (Å²) in [5.41, 5.74) is 1.87. The monoisotopic (exact) mass is 401 g/mol. The van der Waals surface area contributed by atoms with Crippen LogP contribution in [0.5, 0.6) is 0 Å². The molecular weight excluding hydrogens is 378 g/mol. The van der Waals surface area contributed by atoms with Gasteiger partial charge in [0.2, 0.25) is 17.7 Å². The Kier molecular flexibility index (Phi) is 4.50. The molecule has 5 unspecified atom stereocenters. The maximum Gasteiger partial charge on any atom is 0.234 e. The van der Waals surface area contributed by atoms with Crippen LogP contribution in [0.25, 0.3) is 0 Å². The molecule has 1 aromatic carbocycles. The van der Waals surface area contributed by atoms with Crippen LogP contribution in [-0.4, -0.2) is 27.6 Å². The van der Waals surface area contributed by atoms with Crippen molar-refractivity contribution in [1.82, 2.24) is 9.88 Å². The highest BCUT2D eigenvalue weighted by Gasteiger charge is 2.60. The minimum Gasteiger partial charge on any atom is -0.311 e. The molecule has 1 aromatic heterocycles. The number of hydrogen-bond acceptors (Lipinski definition) is 4. The number of hydrogen-bond donors (Lipinski definition) is 1. The second kappa shape index (κ2) is 7.20. The zero-order valence-corrected chi connectivity index (χ0v) is 16.7. The summed E-state index contributed by atoms with van der Waals surface area (Å²) in [5.74, 6) is -0.388. The molecular formula is C24H23N3O3. The number of nitrogens with zero attached hydrogens (tertiary/aromatic N) is 2. The van der Waals surface area contributed by atoms with E-state index in [-0.39, 0.29) is 47.8 Å². The lowest BCUT2D eigenvalue weighted by Crippen LogP contribution is -2.38. The maximum absolute atomic E-state index is 13.3. The van der Waals surface area contributed by atoms with Crippen molar-refractivity contribution in [1.29, 1.82) is 0 Å². The van der Waals surface area contributed by atoms with E-state index in [1.807, 2.05) is 31.2 Å². The van der Waals surface area contributed by atoms with E-state index in [4.69, 9.17) is 0 Å². The molecule has 30 heavy (non-hydrogen) atoms. The fourth-order valence-corrected chi connectivity index (χ4v) is 5.19. The van der Waals surface area contributed by atoms with E-state index in [2.05, 4.69) is 22.5 Å². The molecule has 1 aliphatic heterocycles. The molecule has 3 amide bonds. The summed E-state index contributed by atoms with van der Waals surface area (Å²) >= 11 is 0. The lowest BCUT2D eigenvalue weighted by atomic mass is 9.85. The number of carbonyl (C=O) groups is 3. The van der Waals surface area contributed by atoms with Crippen molar-refractivity contribution in [2.75, 3.05) is 5.32 Å². The smallest absolute Gasteiger partial charge is 0.234 e. The summed E-state index contributed by atoms with van der Waals surface area (Å²) < 4.78 is 0. The van der Waals surface area contributed by atoms with Crippen LogP contribution in [0.1, 0.15) is 30.0 Å². The lowest BCUT2D eigenvalue weighted by Gasteiger charge is -2.28. The number of benzene rings is 1. The quantitative estimate of drug-likeness (QED) is 0.616. The van der Waals surface area contributed by atoms with Crippen molar-refractivity contribution < 1.29 is 14.4 Å². The van der Waals surface area contributed by atoms with Crippen LogP contribution in [0.2, 0.25) is 0 Å². The van der Waals surface area contributed by atoms with Gasteiger partial charge >= 0.3 is 0 Å². The molecule has 1 saturated heterocycles. The third-order valence-corrected chi connectivity index (χ3v) is 6.59. The first-order valence-electron chi connectivity index (χ1n) is 10.4. The summed E-state index contributed by atoms with van der Waals surface area (Å²) in [6, 6.07) is 12.3. The van der Waals surface area contributed by atoms with Crippen molar-refractivity contribution in [2.24, 2.45) is 23.7 Å². The van der Waals surface area contributed by atoms with Crippen molar-refractivity contribution in [3.05, 3.63) is 71.9 Å². The summed E-state index contributed by atoms with van der Waals surface area (Å²) in [7, 11) is 0. The van der Waals surface area contributed by atoms with E-state index in [1.165, 1.54) is 4.90 Å². The topological polar surface area (TPSA) is 79.4 Å². The molecule has 2 bridgehead atoms. The van der Waals surface area contributed by atoms with E-state index in [0.29, 0.717) is 5.82 Å². The Hall–Kier alpha value is -3.28. The molecule has 2 aromatic rings. The number of aromatic nitrogens is 1. The number of pyridine rings is 1. The molecule has 1 N–H and O–H groups in total. The van der Waals surface area contributed by atoms with Crippen LogP contribution in [-0.2, 0) is 14.4 Å². The zero-order valence-electron chi connectivity index (χ0n) is 16.7. The largest absolute Gasteiger partial charge is 0.311 e. The molecule has 3 aliphatic rings. The van der Waals surface area contributed by atoms with Crippen LogP contribution in [0.15, 0.2) is 60.8 Å². The average Bonchev–Trinajstić information content (AvgIpc) is 3.42. The third-order valence-electron chi connectivity index (χ3n) is 6.59. The second-order valence-corrected chi connectivity index (χ2v) is 8.44. The number of allylic oxidation sites excluding steroid dienone is 2. The molecule has 6 heteroatoms. The molecule has 5 atom stereocenters. The Morgan fingerprint density at radius 1 is 1.07 bits per heavy atom. The van der Waals surface area contributed by atoms with Gasteiger partial charge in [-0.1, -0.05) is 48.0 Å². The fraction of sp³-hybridized carbons (Fsp3) is 0.333. The van der Waals surface area contributed by atoms with Gasteiger partial charge in [-0.3, -0.25) is 19.3 Å². The lowest BCUT2D eigenvalue weighted by molar-refractivity contribution is -0.144. The Morgan fingerprint density at radius 3 is 2.33 bits per heavy atom. The zero-order chi connectivity index (χ0) is 20.8. The summed E-state index contributed by atoms with van der Waals surface area (Å²) in [4.78, 5) is 45.0. The van der Waals surface area contributed by atoms with Crippen molar-refractivity contribution in [2.45, 2.75) is 25.8 Å². The van der Waals surface area contributed by atoms with E-state index >= 15 is 0 Å². The summed E-state index contributed by atoms with van der Waals surface area (Å²) in [6.45, 7) is 1.98. The number of fused-ring (bicyclic) bond motifs is 5. The van der Waals surface area contributed by atoms with E-state index < -0.39 is 6.04 Å². The van der Waals surface area contributed by atoms with E-state index in [9.17, 15) is 14.4 Å². The number of amides is 3. The van der Waals surface area contributed by atoms with Gasteiger partial charge in [0.1, 0.15) is 5.82 Å². The standard InChI is InChI=1S/C24H23N3O3/c1-14-5-7-15(8-6-14)18(13-20(28)26-19-4-2-3-11-25-19)27-23(29)21-16-9-10-17(12-16)22(21)24(27)30/h2-11,16-18,21-22H,12-13H2,1H3,(H,25,26,28). The van der Waals surface area contributed by atoms with Crippen molar-refractivity contribution in [3.8, 4) is 0 Å². The summed E-state index contributed by atoms with van der Waals surface area (Å²) in [6.07, 6.45) is 6.64. The third kappa shape index (κ3) is 3.03. The van der Waals surface area contributed by atoms with Gasteiger partial charge in [-0.2, -0.15) is 0 Å².